The minimum absolute atomic E-state index is 0.0189. The van der Waals surface area contributed by atoms with Gasteiger partial charge >= 0.3 is 5.97 Å². The zero-order valence-corrected chi connectivity index (χ0v) is 13.0. The van der Waals surface area contributed by atoms with Crippen molar-refractivity contribution in [3.05, 3.63) is 23.8 Å². The molecule has 0 spiro atoms. The quantitative estimate of drug-likeness (QED) is 0.922. The van der Waals surface area contributed by atoms with Gasteiger partial charge in [0.25, 0.3) is 0 Å². The third-order valence-corrected chi connectivity index (χ3v) is 4.43. The molecule has 0 aromatic heterocycles. The molecule has 6 nitrogen and oxygen atoms in total. The number of carboxylic acids is 1. The fourth-order valence-electron chi connectivity index (χ4n) is 3.10. The highest BCUT2D eigenvalue weighted by Crippen LogP contribution is 2.35. The molecule has 1 atom stereocenters. The van der Waals surface area contributed by atoms with Gasteiger partial charge in [-0.3, -0.25) is 9.59 Å². The van der Waals surface area contributed by atoms with Crippen LogP contribution in [0.25, 0.3) is 0 Å². The maximum Gasteiger partial charge on any atom is 0.311 e. The average Bonchev–Trinajstić information content (AvgIpc) is 2.83. The van der Waals surface area contributed by atoms with Crippen molar-refractivity contribution in [2.75, 3.05) is 19.9 Å². The second-order valence-electron chi connectivity index (χ2n) is 6.00. The van der Waals surface area contributed by atoms with Crippen molar-refractivity contribution in [1.29, 1.82) is 0 Å². The number of ether oxygens (including phenoxy) is 2. The van der Waals surface area contributed by atoms with Crippen molar-refractivity contribution in [1.82, 2.24) is 4.90 Å². The van der Waals surface area contributed by atoms with E-state index in [-0.39, 0.29) is 19.1 Å². The molecule has 0 saturated carbocycles. The number of fused-ring (bicyclic) bond motifs is 1. The summed E-state index contributed by atoms with van der Waals surface area (Å²) in [6, 6.07) is 5.06. The Morgan fingerprint density at radius 2 is 1.78 bits per heavy atom. The molecule has 6 heteroatoms. The van der Waals surface area contributed by atoms with Gasteiger partial charge in [0, 0.05) is 19.5 Å². The van der Waals surface area contributed by atoms with Gasteiger partial charge in [-0.25, -0.2) is 0 Å². The maximum atomic E-state index is 12.5. The largest absolute Gasteiger partial charge is 0.481 e. The van der Waals surface area contributed by atoms with Gasteiger partial charge in [0.2, 0.25) is 12.7 Å². The molecule has 0 radical (unpaired) electrons. The van der Waals surface area contributed by atoms with E-state index in [0.717, 1.165) is 38.8 Å². The normalized spacial score (nSPS) is 18.3. The lowest BCUT2D eigenvalue weighted by Crippen LogP contribution is -2.33. The standard InChI is InChI=1S/C17H21NO5/c19-16(18-7-3-1-2-4-8-18)10-13(17(20)21)12-5-6-14-15(9-12)23-11-22-14/h5-6,9,13H,1-4,7-8,10-11H2,(H,20,21). The Morgan fingerprint density at radius 3 is 2.48 bits per heavy atom. The SMILES string of the molecule is O=C(O)C(CC(=O)N1CCCCCC1)c1ccc2c(c1)OCO2. The molecular formula is C17H21NO5. The molecule has 124 valence electrons. The van der Waals surface area contributed by atoms with Crippen LogP contribution in [-0.4, -0.2) is 41.8 Å². The van der Waals surface area contributed by atoms with Gasteiger partial charge in [-0.15, -0.1) is 0 Å². The number of carboxylic acid groups (broad SMARTS) is 1. The predicted molar refractivity (Wildman–Crippen MR) is 82.6 cm³/mol. The van der Waals surface area contributed by atoms with E-state index in [2.05, 4.69) is 0 Å². The third-order valence-electron chi connectivity index (χ3n) is 4.43. The zero-order chi connectivity index (χ0) is 16.2. The first-order valence-corrected chi connectivity index (χ1v) is 8.05. The molecule has 2 aliphatic heterocycles. The number of nitrogens with zero attached hydrogens (tertiary/aromatic N) is 1. The summed E-state index contributed by atoms with van der Waals surface area (Å²) in [6.45, 7) is 1.60. The lowest BCUT2D eigenvalue weighted by molar-refractivity contribution is -0.142. The molecule has 1 aromatic rings. The Labute approximate surface area is 135 Å². The average molecular weight is 319 g/mol. The van der Waals surface area contributed by atoms with Gasteiger partial charge < -0.3 is 19.5 Å². The topological polar surface area (TPSA) is 76.1 Å². The van der Waals surface area contributed by atoms with Crippen LogP contribution >= 0.6 is 0 Å². The number of amides is 1. The van der Waals surface area contributed by atoms with Crippen LogP contribution in [0.15, 0.2) is 18.2 Å². The summed E-state index contributed by atoms with van der Waals surface area (Å²) in [5.74, 6) is -0.794. The summed E-state index contributed by atoms with van der Waals surface area (Å²) in [5, 5.41) is 9.54. The number of likely N-dealkylation sites (tertiary alicyclic amines) is 1. The van der Waals surface area contributed by atoms with Crippen molar-refractivity contribution in [2.24, 2.45) is 0 Å². The molecule has 2 heterocycles. The monoisotopic (exact) mass is 319 g/mol. The van der Waals surface area contributed by atoms with Crippen molar-refractivity contribution < 1.29 is 24.2 Å². The molecule has 1 amide bonds. The minimum atomic E-state index is -0.993. The van der Waals surface area contributed by atoms with Gasteiger partial charge in [-0.05, 0) is 30.5 Å². The first-order valence-electron chi connectivity index (χ1n) is 8.05. The number of hydrogen-bond donors (Lipinski definition) is 1. The van der Waals surface area contributed by atoms with E-state index >= 15 is 0 Å². The summed E-state index contributed by atoms with van der Waals surface area (Å²) in [7, 11) is 0. The van der Waals surface area contributed by atoms with Crippen LogP contribution in [0.1, 0.15) is 43.6 Å². The first-order chi connectivity index (χ1) is 11.1. The van der Waals surface area contributed by atoms with Gasteiger partial charge in [0.1, 0.15) is 0 Å². The zero-order valence-electron chi connectivity index (χ0n) is 13.0. The third kappa shape index (κ3) is 3.57. The van der Waals surface area contributed by atoms with Gasteiger partial charge in [-0.2, -0.15) is 0 Å². The minimum Gasteiger partial charge on any atom is -0.481 e. The molecule has 2 aliphatic rings. The molecule has 1 saturated heterocycles. The van der Waals surface area contributed by atoms with Crippen molar-refractivity contribution in [3.8, 4) is 11.5 Å². The van der Waals surface area contributed by atoms with E-state index in [4.69, 9.17) is 9.47 Å². The van der Waals surface area contributed by atoms with E-state index in [1.54, 1.807) is 23.1 Å². The molecule has 1 aromatic carbocycles. The highest BCUT2D eigenvalue weighted by Gasteiger charge is 2.28. The van der Waals surface area contributed by atoms with Crippen LogP contribution in [0.2, 0.25) is 0 Å². The summed E-state index contributed by atoms with van der Waals surface area (Å²) >= 11 is 0. The maximum absolute atomic E-state index is 12.5. The lowest BCUT2D eigenvalue weighted by Gasteiger charge is -2.22. The first kappa shape index (κ1) is 15.6. The fourth-order valence-corrected chi connectivity index (χ4v) is 3.10. The predicted octanol–water partition coefficient (Wildman–Crippen LogP) is 2.38. The molecule has 3 rings (SSSR count). The van der Waals surface area contributed by atoms with Crippen LogP contribution in [0, 0.1) is 0 Å². The Bertz CT molecular complexity index is 593. The van der Waals surface area contributed by atoms with Crippen LogP contribution in [0.5, 0.6) is 11.5 Å². The van der Waals surface area contributed by atoms with E-state index in [1.807, 2.05) is 0 Å². The molecule has 0 bridgehead atoms. The number of benzene rings is 1. The Kier molecular flexibility index (Phi) is 4.69. The summed E-state index contributed by atoms with van der Waals surface area (Å²) in [4.78, 5) is 25.9. The van der Waals surface area contributed by atoms with Crippen molar-refractivity contribution in [3.63, 3.8) is 0 Å². The Balaban J connectivity index is 1.73. The summed E-state index contributed by atoms with van der Waals surface area (Å²) in [5.41, 5.74) is 0.574. The number of hydrogen-bond acceptors (Lipinski definition) is 4. The molecular weight excluding hydrogens is 298 g/mol. The number of rotatable bonds is 4. The van der Waals surface area contributed by atoms with E-state index < -0.39 is 11.9 Å². The Hall–Kier alpha value is -2.24. The number of carbonyl (C=O) groups is 2. The Morgan fingerprint density at radius 1 is 1.09 bits per heavy atom. The molecule has 0 aliphatic carbocycles. The van der Waals surface area contributed by atoms with Crippen LogP contribution in [0.3, 0.4) is 0 Å². The highest BCUT2D eigenvalue weighted by molar-refractivity contribution is 5.86. The summed E-state index contributed by atoms with van der Waals surface area (Å²) in [6.07, 6.45) is 4.23. The number of aliphatic carboxylic acids is 1. The van der Waals surface area contributed by atoms with Crippen LogP contribution < -0.4 is 9.47 Å². The smallest absolute Gasteiger partial charge is 0.311 e. The highest BCUT2D eigenvalue weighted by atomic mass is 16.7. The lowest BCUT2D eigenvalue weighted by atomic mass is 9.94. The van der Waals surface area contributed by atoms with E-state index in [1.165, 1.54) is 0 Å². The van der Waals surface area contributed by atoms with E-state index in [0.29, 0.717) is 17.1 Å². The van der Waals surface area contributed by atoms with Gasteiger partial charge in [-0.1, -0.05) is 18.9 Å². The van der Waals surface area contributed by atoms with Crippen molar-refractivity contribution in [2.45, 2.75) is 38.0 Å². The summed E-state index contributed by atoms with van der Waals surface area (Å²) < 4.78 is 10.5. The van der Waals surface area contributed by atoms with Crippen LogP contribution in [-0.2, 0) is 9.59 Å². The van der Waals surface area contributed by atoms with Crippen LogP contribution in [0.4, 0.5) is 0 Å². The van der Waals surface area contributed by atoms with E-state index in [9.17, 15) is 14.7 Å². The second-order valence-corrected chi connectivity index (χ2v) is 6.00. The van der Waals surface area contributed by atoms with Gasteiger partial charge in [0.15, 0.2) is 11.5 Å². The molecule has 1 N–H and O–H groups in total. The fraction of sp³-hybridized carbons (Fsp3) is 0.529. The number of carbonyl (C=O) groups excluding carboxylic acids is 1. The molecule has 23 heavy (non-hydrogen) atoms. The van der Waals surface area contributed by atoms with Crippen molar-refractivity contribution >= 4 is 11.9 Å². The molecule has 1 unspecified atom stereocenters. The van der Waals surface area contributed by atoms with Gasteiger partial charge in [0.05, 0.1) is 5.92 Å². The second kappa shape index (κ2) is 6.89. The molecule has 1 fully saturated rings.